The van der Waals surface area contributed by atoms with E-state index in [0.717, 1.165) is 39.5 Å². The minimum absolute atomic E-state index is 0.278. The second-order valence-electron chi connectivity index (χ2n) is 9.28. The Morgan fingerprint density at radius 3 is 1.00 bits per heavy atom. The van der Waals surface area contributed by atoms with Crippen LogP contribution in [0.4, 0.5) is 55.3 Å². The van der Waals surface area contributed by atoms with Crippen molar-refractivity contribution < 1.29 is 90.3 Å². The van der Waals surface area contributed by atoms with Crippen LogP contribution in [0.25, 0.3) is 0 Å². The summed E-state index contributed by atoms with van der Waals surface area (Å²) in [5.74, 6) is -28.0. The molecule has 0 atom stereocenters. The number of sulfonamides is 2. The van der Waals surface area contributed by atoms with Crippen LogP contribution in [0.2, 0.25) is 0 Å². The lowest BCUT2D eigenvalue weighted by Gasteiger charge is -2.14. The van der Waals surface area contributed by atoms with Crippen molar-refractivity contribution in [3.63, 3.8) is 0 Å². The Kier molecular flexibility index (Phi) is 11.6. The van der Waals surface area contributed by atoms with E-state index in [4.69, 9.17) is 9.47 Å². The number of hydrogen-bond acceptors (Lipinski definition) is 10. The number of halogens is 10. The van der Waals surface area contributed by atoms with Crippen molar-refractivity contribution in [1.29, 1.82) is 0 Å². The summed E-state index contributed by atoms with van der Waals surface area (Å²) in [5.41, 5.74) is -1.00. The van der Waals surface area contributed by atoms with Crippen LogP contribution in [0, 0.1) is 58.2 Å². The lowest BCUT2D eigenvalue weighted by atomic mass is 10.2. The number of phenols is 3. The van der Waals surface area contributed by atoms with Crippen molar-refractivity contribution in [3.05, 3.63) is 82.4 Å². The van der Waals surface area contributed by atoms with Gasteiger partial charge in [0.15, 0.2) is 79.3 Å². The first kappa shape index (κ1) is 39.9. The van der Waals surface area contributed by atoms with Crippen LogP contribution in [0.1, 0.15) is 0 Å². The molecule has 278 valence electrons. The van der Waals surface area contributed by atoms with E-state index in [0.29, 0.717) is 6.07 Å². The van der Waals surface area contributed by atoms with Crippen LogP contribution >= 0.6 is 0 Å². The predicted octanol–water partition coefficient (Wildman–Crippen LogP) is 5.51. The molecule has 4 aromatic carbocycles. The van der Waals surface area contributed by atoms with Crippen molar-refractivity contribution in [2.45, 2.75) is 9.79 Å². The van der Waals surface area contributed by atoms with E-state index >= 15 is 0 Å². The number of methoxy groups -OCH3 is 3. The molecule has 51 heavy (non-hydrogen) atoms. The smallest absolute Gasteiger partial charge is 0.267 e. The Balaban J connectivity index is 0.000000276. The Hall–Kier alpha value is -5.52. The molecular formula is C27H18F10N2O10S2. The summed E-state index contributed by atoms with van der Waals surface area (Å²) < 4.78 is 199. The molecule has 0 saturated heterocycles. The quantitative estimate of drug-likeness (QED) is 0.0478. The van der Waals surface area contributed by atoms with E-state index in [9.17, 15) is 76.1 Å². The van der Waals surface area contributed by atoms with Gasteiger partial charge in [-0.25, -0.2) is 60.7 Å². The molecule has 5 N–H and O–H groups in total. The van der Waals surface area contributed by atoms with Gasteiger partial charge >= 0.3 is 0 Å². The third kappa shape index (κ3) is 7.64. The van der Waals surface area contributed by atoms with E-state index in [-0.39, 0.29) is 11.5 Å². The van der Waals surface area contributed by atoms with E-state index in [2.05, 4.69) is 4.74 Å². The molecule has 0 heterocycles. The number of benzene rings is 4. The van der Waals surface area contributed by atoms with Gasteiger partial charge in [0.1, 0.15) is 0 Å². The average molecular weight is 785 g/mol. The fraction of sp³-hybridized carbons (Fsp3) is 0.111. The molecule has 24 heteroatoms. The molecule has 12 nitrogen and oxygen atoms in total. The topological polar surface area (TPSA) is 181 Å². The van der Waals surface area contributed by atoms with Gasteiger partial charge in [-0.05, 0) is 0 Å². The van der Waals surface area contributed by atoms with E-state index in [1.165, 1.54) is 4.72 Å². The second kappa shape index (κ2) is 14.8. The van der Waals surface area contributed by atoms with Gasteiger partial charge in [-0.3, -0.25) is 9.44 Å². The number of hydrogen-bond donors (Lipinski definition) is 5. The second-order valence-corrected chi connectivity index (χ2v) is 12.5. The van der Waals surface area contributed by atoms with Gasteiger partial charge in [0.2, 0.25) is 23.1 Å². The molecule has 0 unspecified atom stereocenters. The normalized spacial score (nSPS) is 11.4. The maximum Gasteiger partial charge on any atom is 0.267 e. The van der Waals surface area contributed by atoms with Crippen LogP contribution in [0.3, 0.4) is 0 Å². The van der Waals surface area contributed by atoms with Crippen LogP contribution in [-0.2, 0) is 20.0 Å². The zero-order valence-corrected chi connectivity index (χ0v) is 26.7. The average Bonchev–Trinajstić information content (AvgIpc) is 3.06. The van der Waals surface area contributed by atoms with Gasteiger partial charge in [0, 0.05) is 24.3 Å². The Morgan fingerprint density at radius 2 is 0.706 bits per heavy atom. The number of aromatic hydroxyl groups is 3. The molecule has 0 saturated carbocycles. The number of rotatable bonds is 9. The highest BCUT2D eigenvalue weighted by Gasteiger charge is 2.35. The molecule has 0 bridgehead atoms. The summed E-state index contributed by atoms with van der Waals surface area (Å²) in [5, 5.41) is 28.6. The van der Waals surface area contributed by atoms with Gasteiger partial charge in [0.05, 0.1) is 32.7 Å². The largest absolute Gasteiger partial charge is 0.504 e. The highest BCUT2D eigenvalue weighted by Crippen LogP contribution is 2.41. The van der Waals surface area contributed by atoms with Crippen LogP contribution in [-0.4, -0.2) is 53.5 Å². The molecule has 0 amide bonds. The van der Waals surface area contributed by atoms with Crippen molar-refractivity contribution >= 4 is 31.4 Å². The maximum atomic E-state index is 13.7. The third-order valence-corrected chi connectivity index (χ3v) is 8.94. The first-order valence-corrected chi connectivity index (χ1v) is 15.7. The highest BCUT2D eigenvalue weighted by atomic mass is 32.2. The molecule has 0 aliphatic rings. The molecular weight excluding hydrogens is 766 g/mol. The third-order valence-electron chi connectivity index (χ3n) is 6.14. The van der Waals surface area contributed by atoms with Crippen LogP contribution in [0.15, 0.2) is 34.1 Å². The molecule has 0 spiro atoms. The SMILES string of the molecule is COc1cc(NS(=O)(=O)c2c(F)c(F)c(F)c(F)c2F)cc(O)c1O.COc1cc(NS(=O)(=O)c2c(F)c(F)c(F)c(F)c2F)cc(OC)c1O. The first-order valence-electron chi connectivity index (χ1n) is 12.7. The minimum atomic E-state index is -5.29. The van der Waals surface area contributed by atoms with Gasteiger partial charge in [-0.15, -0.1) is 0 Å². The molecule has 4 rings (SSSR count). The molecule has 4 aromatic rings. The number of ether oxygens (including phenoxy) is 3. The molecule has 0 fully saturated rings. The van der Waals surface area contributed by atoms with Gasteiger partial charge in [-0.1, -0.05) is 0 Å². The van der Waals surface area contributed by atoms with Crippen molar-refractivity contribution in [3.8, 4) is 34.5 Å². The van der Waals surface area contributed by atoms with Crippen molar-refractivity contribution in [2.75, 3.05) is 30.8 Å². The molecule has 0 aliphatic carbocycles. The first-order chi connectivity index (χ1) is 23.6. The molecule has 0 aliphatic heterocycles. The van der Waals surface area contributed by atoms with Gasteiger partial charge < -0.3 is 29.5 Å². The van der Waals surface area contributed by atoms with Crippen LogP contribution in [0.5, 0.6) is 34.5 Å². The zero-order chi connectivity index (χ0) is 38.9. The highest BCUT2D eigenvalue weighted by molar-refractivity contribution is 7.93. The predicted molar refractivity (Wildman–Crippen MR) is 152 cm³/mol. The Labute approximate surface area is 279 Å². The summed E-state index contributed by atoms with van der Waals surface area (Å²) in [6.07, 6.45) is 0. The Morgan fingerprint density at radius 1 is 0.451 bits per heavy atom. The number of phenolic OH excluding ortho intramolecular Hbond substituents is 3. The van der Waals surface area contributed by atoms with E-state index in [1.807, 2.05) is 0 Å². The summed E-state index contributed by atoms with van der Waals surface area (Å²) in [4.78, 5) is -4.16. The summed E-state index contributed by atoms with van der Waals surface area (Å²) in [7, 11) is -7.23. The Bertz CT molecular complexity index is 2180. The standard InChI is InChI=1S/C14H10F5NO5S.C13H8F5NO5S/c1-24-6-3-5(4-7(25-2)13(6)21)20-26(22,23)14-11(18)9(16)8(15)10(17)12(14)19;1-24-6-3-4(2-5(20)12(6)21)19-25(22,23)13-10(17)8(15)7(14)9(16)11(13)18/h3-4,20-21H,1-2H3;2-3,19-21H,1H3. The summed E-state index contributed by atoms with van der Waals surface area (Å²) >= 11 is 0. The fourth-order valence-electron chi connectivity index (χ4n) is 3.81. The summed E-state index contributed by atoms with van der Waals surface area (Å²) in [6, 6.07) is 3.24. The number of nitrogens with one attached hydrogen (secondary N) is 2. The molecule has 0 aromatic heterocycles. The summed E-state index contributed by atoms with van der Waals surface area (Å²) in [6.45, 7) is 0. The number of anilines is 2. The lowest BCUT2D eigenvalue weighted by Crippen LogP contribution is -2.19. The monoisotopic (exact) mass is 784 g/mol. The maximum absolute atomic E-state index is 13.7. The van der Waals surface area contributed by atoms with Crippen molar-refractivity contribution in [2.24, 2.45) is 0 Å². The van der Waals surface area contributed by atoms with Gasteiger partial charge in [-0.2, -0.15) is 0 Å². The zero-order valence-electron chi connectivity index (χ0n) is 25.1. The van der Waals surface area contributed by atoms with Crippen molar-refractivity contribution in [1.82, 2.24) is 0 Å². The van der Waals surface area contributed by atoms with Gasteiger partial charge in [0.25, 0.3) is 20.0 Å². The lowest BCUT2D eigenvalue weighted by molar-refractivity contribution is 0.340. The van der Waals surface area contributed by atoms with E-state index < -0.39 is 122 Å². The molecule has 0 radical (unpaired) electrons. The minimum Gasteiger partial charge on any atom is -0.504 e. The van der Waals surface area contributed by atoms with E-state index in [1.54, 1.807) is 4.72 Å². The fourth-order valence-corrected chi connectivity index (χ4v) is 6.18. The van der Waals surface area contributed by atoms with Crippen LogP contribution < -0.4 is 23.7 Å².